The molecule has 0 saturated carbocycles. The summed E-state index contributed by atoms with van der Waals surface area (Å²) in [7, 11) is 0. The van der Waals surface area contributed by atoms with Gasteiger partial charge in [-0.1, -0.05) is 23.2 Å². The molecule has 2 N–H and O–H groups in total. The molecule has 14 heavy (non-hydrogen) atoms. The summed E-state index contributed by atoms with van der Waals surface area (Å²) in [5, 5.41) is 1.17. The van der Waals surface area contributed by atoms with E-state index in [2.05, 4.69) is 0 Å². The molecule has 0 saturated heterocycles. The minimum Gasteiger partial charge on any atom is -0.493 e. The van der Waals surface area contributed by atoms with Crippen LogP contribution in [0.25, 0.3) is 0 Å². The van der Waals surface area contributed by atoms with Gasteiger partial charge in [-0.05, 0) is 12.1 Å². The summed E-state index contributed by atoms with van der Waals surface area (Å²) >= 11 is 11.8. The average Bonchev–Trinajstić information content (AvgIpc) is 2.02. The molecule has 1 aliphatic heterocycles. The van der Waals surface area contributed by atoms with Gasteiger partial charge in [0.15, 0.2) is 0 Å². The van der Waals surface area contributed by atoms with Crippen LogP contribution >= 0.6 is 35.6 Å². The van der Waals surface area contributed by atoms with Crippen LogP contribution in [0.15, 0.2) is 12.1 Å². The molecule has 2 rings (SSSR count). The monoisotopic (exact) mass is 253 g/mol. The maximum Gasteiger partial charge on any atom is 0.127 e. The SMILES string of the molecule is Cl.N[C@@H]1CCOc2cc(Cl)cc(Cl)c21. The number of hydrogen-bond acceptors (Lipinski definition) is 2. The summed E-state index contributed by atoms with van der Waals surface area (Å²) < 4.78 is 5.41. The lowest BCUT2D eigenvalue weighted by Crippen LogP contribution is -2.20. The van der Waals surface area contributed by atoms with Crippen LogP contribution < -0.4 is 10.5 Å². The smallest absolute Gasteiger partial charge is 0.127 e. The van der Waals surface area contributed by atoms with E-state index in [4.69, 9.17) is 33.7 Å². The largest absolute Gasteiger partial charge is 0.493 e. The summed E-state index contributed by atoms with van der Waals surface area (Å²) in [6, 6.07) is 3.41. The van der Waals surface area contributed by atoms with Crippen LogP contribution in [0.4, 0.5) is 0 Å². The fraction of sp³-hybridized carbons (Fsp3) is 0.333. The first kappa shape index (κ1) is 11.9. The molecule has 1 aromatic rings. The third-order valence-corrected chi connectivity index (χ3v) is 2.64. The zero-order chi connectivity index (χ0) is 9.42. The third kappa shape index (κ3) is 2.09. The van der Waals surface area contributed by atoms with E-state index in [0.29, 0.717) is 16.7 Å². The summed E-state index contributed by atoms with van der Waals surface area (Å²) in [4.78, 5) is 0. The molecule has 0 amide bonds. The number of halogens is 3. The summed E-state index contributed by atoms with van der Waals surface area (Å²) in [6.07, 6.45) is 0.800. The van der Waals surface area contributed by atoms with Crippen LogP contribution in [0.2, 0.25) is 10.0 Å². The maximum absolute atomic E-state index is 6.00. The van der Waals surface area contributed by atoms with Crippen LogP contribution in [0.5, 0.6) is 5.75 Å². The van der Waals surface area contributed by atoms with Crippen LogP contribution in [-0.4, -0.2) is 6.61 Å². The molecular weight excluding hydrogens is 244 g/mol. The molecule has 0 radical (unpaired) electrons. The zero-order valence-corrected chi connectivity index (χ0v) is 9.62. The molecule has 0 aromatic heterocycles. The number of fused-ring (bicyclic) bond motifs is 1. The number of nitrogens with two attached hydrogens (primary N) is 1. The first-order valence-electron chi connectivity index (χ1n) is 4.06. The van der Waals surface area contributed by atoms with Gasteiger partial charge in [-0.3, -0.25) is 0 Å². The molecule has 2 nitrogen and oxygen atoms in total. The van der Waals surface area contributed by atoms with E-state index in [9.17, 15) is 0 Å². The Morgan fingerprint density at radius 3 is 2.79 bits per heavy atom. The Morgan fingerprint density at radius 1 is 1.36 bits per heavy atom. The topological polar surface area (TPSA) is 35.2 Å². The molecule has 0 spiro atoms. The lowest BCUT2D eigenvalue weighted by Gasteiger charge is -2.24. The standard InChI is InChI=1S/C9H9Cl2NO.ClH/c10-5-3-6(11)9-7(12)1-2-13-8(9)4-5;/h3-4,7H,1-2,12H2;1H/t7-;/m1./s1. The third-order valence-electron chi connectivity index (χ3n) is 2.11. The van der Waals surface area contributed by atoms with E-state index in [1.807, 2.05) is 0 Å². The molecule has 0 unspecified atom stereocenters. The van der Waals surface area contributed by atoms with E-state index >= 15 is 0 Å². The molecule has 78 valence electrons. The van der Waals surface area contributed by atoms with Gasteiger partial charge in [0.05, 0.1) is 11.6 Å². The highest BCUT2D eigenvalue weighted by atomic mass is 35.5. The summed E-state index contributed by atoms with van der Waals surface area (Å²) in [5.41, 5.74) is 6.76. The van der Waals surface area contributed by atoms with E-state index in [0.717, 1.165) is 17.7 Å². The maximum atomic E-state index is 6.00. The summed E-state index contributed by atoms with van der Waals surface area (Å²) in [5.74, 6) is 0.719. The Kier molecular flexibility index (Phi) is 3.90. The van der Waals surface area contributed by atoms with E-state index in [1.54, 1.807) is 12.1 Å². The molecule has 1 heterocycles. The normalized spacial score (nSPS) is 19.2. The van der Waals surface area contributed by atoms with Crippen molar-refractivity contribution in [3.63, 3.8) is 0 Å². The average molecular weight is 255 g/mol. The predicted molar refractivity (Wildman–Crippen MR) is 60.8 cm³/mol. The lowest BCUT2D eigenvalue weighted by molar-refractivity contribution is 0.269. The highest BCUT2D eigenvalue weighted by Gasteiger charge is 2.21. The van der Waals surface area contributed by atoms with Crippen molar-refractivity contribution < 1.29 is 4.74 Å². The van der Waals surface area contributed by atoms with Crippen molar-refractivity contribution in [1.82, 2.24) is 0 Å². The molecule has 5 heteroatoms. The first-order valence-corrected chi connectivity index (χ1v) is 4.81. The van der Waals surface area contributed by atoms with Crippen molar-refractivity contribution in [3.8, 4) is 5.75 Å². The number of benzene rings is 1. The van der Waals surface area contributed by atoms with Gasteiger partial charge in [0.25, 0.3) is 0 Å². The molecule has 1 atom stereocenters. The van der Waals surface area contributed by atoms with Crippen molar-refractivity contribution in [3.05, 3.63) is 27.7 Å². The Labute approximate surface area is 98.7 Å². The first-order chi connectivity index (χ1) is 6.18. The second-order valence-electron chi connectivity index (χ2n) is 3.04. The highest BCUT2D eigenvalue weighted by molar-refractivity contribution is 6.35. The second kappa shape index (κ2) is 4.58. The quantitative estimate of drug-likeness (QED) is 0.772. The molecule has 0 aliphatic carbocycles. The van der Waals surface area contributed by atoms with Gasteiger partial charge in [0, 0.05) is 23.0 Å². The molecular formula is C9H10Cl3NO. The van der Waals surface area contributed by atoms with E-state index in [1.165, 1.54) is 0 Å². The van der Waals surface area contributed by atoms with E-state index in [-0.39, 0.29) is 18.4 Å². The molecule has 0 bridgehead atoms. The van der Waals surface area contributed by atoms with E-state index < -0.39 is 0 Å². The van der Waals surface area contributed by atoms with Crippen molar-refractivity contribution >= 4 is 35.6 Å². The van der Waals surface area contributed by atoms with Crippen molar-refractivity contribution in [2.75, 3.05) is 6.61 Å². The second-order valence-corrected chi connectivity index (χ2v) is 3.89. The van der Waals surface area contributed by atoms with Crippen molar-refractivity contribution in [2.24, 2.45) is 5.73 Å². The van der Waals surface area contributed by atoms with Crippen LogP contribution in [0.1, 0.15) is 18.0 Å². The van der Waals surface area contributed by atoms with Crippen LogP contribution in [0.3, 0.4) is 0 Å². The molecule has 1 aliphatic rings. The summed E-state index contributed by atoms with van der Waals surface area (Å²) in [6.45, 7) is 0.630. The number of ether oxygens (including phenoxy) is 1. The van der Waals surface area contributed by atoms with Gasteiger partial charge in [-0.15, -0.1) is 12.4 Å². The van der Waals surface area contributed by atoms with Gasteiger partial charge in [-0.2, -0.15) is 0 Å². The lowest BCUT2D eigenvalue weighted by atomic mass is 10.0. The Balaban J connectivity index is 0.000000980. The fourth-order valence-corrected chi connectivity index (χ4v) is 2.10. The fourth-order valence-electron chi connectivity index (χ4n) is 1.48. The predicted octanol–water partition coefficient (Wildman–Crippen LogP) is 3.20. The Bertz CT molecular complexity index is 343. The number of hydrogen-bond donors (Lipinski definition) is 1. The van der Waals surface area contributed by atoms with Gasteiger partial charge in [-0.25, -0.2) is 0 Å². The highest BCUT2D eigenvalue weighted by Crippen LogP contribution is 2.38. The van der Waals surface area contributed by atoms with Gasteiger partial charge >= 0.3 is 0 Å². The number of rotatable bonds is 0. The van der Waals surface area contributed by atoms with Gasteiger partial charge in [0.1, 0.15) is 5.75 Å². The van der Waals surface area contributed by atoms with Gasteiger partial charge in [0.2, 0.25) is 0 Å². The molecule has 0 fully saturated rings. The Hall–Kier alpha value is -0.150. The van der Waals surface area contributed by atoms with Crippen molar-refractivity contribution in [1.29, 1.82) is 0 Å². The Morgan fingerprint density at radius 2 is 2.07 bits per heavy atom. The zero-order valence-electron chi connectivity index (χ0n) is 7.30. The molecule has 1 aromatic carbocycles. The van der Waals surface area contributed by atoms with Crippen molar-refractivity contribution in [2.45, 2.75) is 12.5 Å². The van der Waals surface area contributed by atoms with Crippen LogP contribution in [-0.2, 0) is 0 Å². The minimum atomic E-state index is -0.0338. The minimum absolute atomic E-state index is 0. The van der Waals surface area contributed by atoms with Crippen LogP contribution in [0, 0.1) is 0 Å². The van der Waals surface area contributed by atoms with Gasteiger partial charge < -0.3 is 10.5 Å².